The Labute approximate surface area is 155 Å². The summed E-state index contributed by atoms with van der Waals surface area (Å²) >= 11 is 0. The quantitative estimate of drug-likeness (QED) is 0.779. The summed E-state index contributed by atoms with van der Waals surface area (Å²) in [4.78, 5) is 24.0. The molecular formula is C19H16N2O6. The molecule has 0 saturated heterocycles. The van der Waals surface area contributed by atoms with E-state index >= 15 is 0 Å². The number of carbonyl (C=O) groups excluding carboxylic acids is 2. The minimum Gasteiger partial charge on any atom is -0.482 e. The van der Waals surface area contributed by atoms with E-state index in [9.17, 15) is 9.59 Å². The molecule has 27 heavy (non-hydrogen) atoms. The van der Waals surface area contributed by atoms with Crippen molar-refractivity contribution in [1.29, 1.82) is 5.26 Å². The zero-order valence-corrected chi connectivity index (χ0v) is 14.4. The van der Waals surface area contributed by atoms with Crippen molar-refractivity contribution in [2.24, 2.45) is 0 Å². The number of anilines is 1. The van der Waals surface area contributed by atoms with Crippen LogP contribution in [0.2, 0.25) is 0 Å². The van der Waals surface area contributed by atoms with Crippen LogP contribution in [0.5, 0.6) is 17.2 Å². The number of carbonyl (C=O) groups is 2. The Bertz CT molecular complexity index is 888. The van der Waals surface area contributed by atoms with Crippen molar-refractivity contribution < 1.29 is 28.5 Å². The molecule has 1 N–H and O–H groups in total. The molecule has 2 aromatic carbocycles. The molecule has 0 aliphatic carbocycles. The Morgan fingerprint density at radius 3 is 2.67 bits per heavy atom. The van der Waals surface area contributed by atoms with Gasteiger partial charge in [-0.15, -0.1) is 0 Å². The number of esters is 1. The van der Waals surface area contributed by atoms with Gasteiger partial charge in [-0.1, -0.05) is 0 Å². The highest BCUT2D eigenvalue weighted by Crippen LogP contribution is 2.34. The van der Waals surface area contributed by atoms with Crippen LogP contribution in [0.1, 0.15) is 12.5 Å². The Kier molecular flexibility index (Phi) is 5.42. The second-order valence-electron chi connectivity index (χ2n) is 5.61. The van der Waals surface area contributed by atoms with E-state index in [0.717, 1.165) is 0 Å². The number of benzene rings is 2. The molecule has 138 valence electrons. The third kappa shape index (κ3) is 4.67. The van der Waals surface area contributed by atoms with E-state index in [-0.39, 0.29) is 13.4 Å². The average Bonchev–Trinajstić information content (AvgIpc) is 3.14. The molecule has 0 spiro atoms. The SMILES string of the molecule is C[C@@H](OC(=O)COc1ccc(C#N)cc1)C(=O)Nc1ccc2c(c1)OCO2. The van der Waals surface area contributed by atoms with Gasteiger partial charge in [0.1, 0.15) is 5.75 Å². The van der Waals surface area contributed by atoms with Gasteiger partial charge < -0.3 is 24.3 Å². The monoisotopic (exact) mass is 368 g/mol. The van der Waals surface area contributed by atoms with E-state index in [1.54, 1.807) is 42.5 Å². The highest BCUT2D eigenvalue weighted by molar-refractivity contribution is 5.95. The van der Waals surface area contributed by atoms with E-state index in [0.29, 0.717) is 28.5 Å². The van der Waals surface area contributed by atoms with E-state index in [2.05, 4.69) is 5.32 Å². The van der Waals surface area contributed by atoms with Crippen LogP contribution >= 0.6 is 0 Å². The summed E-state index contributed by atoms with van der Waals surface area (Å²) in [6.45, 7) is 1.25. The lowest BCUT2D eigenvalue weighted by molar-refractivity contribution is -0.155. The maximum Gasteiger partial charge on any atom is 0.344 e. The number of hydrogen-bond acceptors (Lipinski definition) is 7. The van der Waals surface area contributed by atoms with Crippen LogP contribution in [-0.2, 0) is 14.3 Å². The molecule has 0 saturated carbocycles. The highest BCUT2D eigenvalue weighted by Gasteiger charge is 2.20. The van der Waals surface area contributed by atoms with Crippen LogP contribution in [0, 0.1) is 11.3 Å². The van der Waals surface area contributed by atoms with Crippen molar-refractivity contribution in [2.45, 2.75) is 13.0 Å². The Morgan fingerprint density at radius 2 is 1.93 bits per heavy atom. The molecule has 8 nitrogen and oxygen atoms in total. The van der Waals surface area contributed by atoms with Crippen LogP contribution in [-0.4, -0.2) is 31.4 Å². The molecular weight excluding hydrogens is 352 g/mol. The highest BCUT2D eigenvalue weighted by atomic mass is 16.7. The van der Waals surface area contributed by atoms with Gasteiger partial charge in [0.05, 0.1) is 11.6 Å². The van der Waals surface area contributed by atoms with Gasteiger partial charge in [0, 0.05) is 11.8 Å². The summed E-state index contributed by atoms with van der Waals surface area (Å²) < 4.78 is 20.8. The molecule has 2 aromatic rings. The van der Waals surface area contributed by atoms with Gasteiger partial charge in [-0.25, -0.2) is 4.79 Å². The summed E-state index contributed by atoms with van der Waals surface area (Å²) in [5.74, 6) is 0.386. The maximum absolute atomic E-state index is 12.2. The fourth-order valence-electron chi connectivity index (χ4n) is 2.27. The molecule has 0 fully saturated rings. The molecule has 0 aromatic heterocycles. The predicted molar refractivity (Wildman–Crippen MR) is 93.4 cm³/mol. The Hall–Kier alpha value is -3.73. The number of amides is 1. The standard InChI is InChI=1S/C19H16N2O6/c1-12(19(23)21-14-4-7-16-17(8-14)26-11-25-16)27-18(22)10-24-15-5-2-13(9-20)3-6-15/h2-8,12H,10-11H2,1H3,(H,21,23)/t12-/m1/s1. The number of fused-ring (bicyclic) bond motifs is 1. The second kappa shape index (κ2) is 8.10. The summed E-state index contributed by atoms with van der Waals surface area (Å²) in [5, 5.41) is 11.4. The van der Waals surface area contributed by atoms with Crippen LogP contribution in [0.25, 0.3) is 0 Å². The largest absolute Gasteiger partial charge is 0.482 e. The number of rotatable bonds is 6. The van der Waals surface area contributed by atoms with Crippen molar-refractivity contribution in [3.63, 3.8) is 0 Å². The first-order valence-electron chi connectivity index (χ1n) is 8.08. The molecule has 0 radical (unpaired) electrons. The number of nitrogens with one attached hydrogen (secondary N) is 1. The number of hydrogen-bond donors (Lipinski definition) is 1. The first kappa shape index (κ1) is 18.1. The fraction of sp³-hybridized carbons (Fsp3) is 0.211. The summed E-state index contributed by atoms with van der Waals surface area (Å²) in [7, 11) is 0. The lowest BCUT2D eigenvalue weighted by Crippen LogP contribution is -2.31. The molecule has 0 bridgehead atoms. The van der Waals surface area contributed by atoms with Crippen LogP contribution in [0.4, 0.5) is 5.69 Å². The van der Waals surface area contributed by atoms with Gasteiger partial charge in [0.15, 0.2) is 24.2 Å². The van der Waals surface area contributed by atoms with Gasteiger partial charge in [-0.2, -0.15) is 5.26 Å². The zero-order chi connectivity index (χ0) is 19.2. The number of nitrogens with zero attached hydrogens (tertiary/aromatic N) is 1. The minimum absolute atomic E-state index is 0.139. The van der Waals surface area contributed by atoms with Crippen LogP contribution in [0.15, 0.2) is 42.5 Å². The van der Waals surface area contributed by atoms with Gasteiger partial charge in [0.25, 0.3) is 5.91 Å². The van der Waals surface area contributed by atoms with Gasteiger partial charge in [0.2, 0.25) is 6.79 Å². The molecule has 1 aliphatic heterocycles. The summed E-state index contributed by atoms with van der Waals surface area (Å²) in [5.41, 5.74) is 0.986. The summed E-state index contributed by atoms with van der Waals surface area (Å²) in [6.07, 6.45) is -1.01. The molecule has 3 rings (SSSR count). The van der Waals surface area contributed by atoms with Crippen molar-refractivity contribution in [3.8, 4) is 23.3 Å². The summed E-state index contributed by atoms with van der Waals surface area (Å²) in [6, 6.07) is 13.2. The van der Waals surface area contributed by atoms with Gasteiger partial charge >= 0.3 is 5.97 Å². The third-order valence-corrected chi connectivity index (χ3v) is 3.66. The minimum atomic E-state index is -1.01. The predicted octanol–water partition coefficient (Wildman–Crippen LogP) is 2.24. The average molecular weight is 368 g/mol. The van der Waals surface area contributed by atoms with E-state index in [1.165, 1.54) is 6.92 Å². The van der Waals surface area contributed by atoms with Crippen molar-refractivity contribution >= 4 is 17.6 Å². The van der Waals surface area contributed by atoms with E-state index < -0.39 is 18.0 Å². The number of ether oxygens (including phenoxy) is 4. The zero-order valence-electron chi connectivity index (χ0n) is 14.4. The molecule has 1 atom stereocenters. The smallest absolute Gasteiger partial charge is 0.344 e. The van der Waals surface area contributed by atoms with E-state index in [4.69, 9.17) is 24.2 Å². The molecule has 0 unspecified atom stereocenters. The van der Waals surface area contributed by atoms with Crippen molar-refractivity contribution in [3.05, 3.63) is 48.0 Å². The first-order valence-corrected chi connectivity index (χ1v) is 8.08. The first-order chi connectivity index (χ1) is 13.0. The van der Waals surface area contributed by atoms with E-state index in [1.807, 2.05) is 6.07 Å². The van der Waals surface area contributed by atoms with Gasteiger partial charge in [-0.05, 0) is 43.3 Å². The second-order valence-corrected chi connectivity index (χ2v) is 5.61. The lowest BCUT2D eigenvalue weighted by atomic mass is 10.2. The normalized spacial score (nSPS) is 12.6. The fourth-order valence-corrected chi connectivity index (χ4v) is 2.27. The van der Waals surface area contributed by atoms with Crippen LogP contribution < -0.4 is 19.5 Å². The van der Waals surface area contributed by atoms with Crippen molar-refractivity contribution in [2.75, 3.05) is 18.7 Å². The van der Waals surface area contributed by atoms with Gasteiger partial charge in [-0.3, -0.25) is 4.79 Å². The maximum atomic E-state index is 12.2. The van der Waals surface area contributed by atoms with Crippen LogP contribution in [0.3, 0.4) is 0 Å². The Balaban J connectivity index is 1.47. The molecule has 1 aliphatic rings. The van der Waals surface area contributed by atoms with Crippen molar-refractivity contribution in [1.82, 2.24) is 0 Å². The molecule has 1 heterocycles. The third-order valence-electron chi connectivity index (χ3n) is 3.66. The molecule has 8 heteroatoms. The lowest BCUT2D eigenvalue weighted by Gasteiger charge is -2.14. The Morgan fingerprint density at radius 1 is 1.19 bits per heavy atom. The number of nitriles is 1. The molecule has 1 amide bonds. The topological polar surface area (TPSA) is 107 Å².